The highest BCUT2D eigenvalue weighted by Crippen LogP contribution is 2.25. The van der Waals surface area contributed by atoms with Crippen LogP contribution in [0.25, 0.3) is 0 Å². The quantitative estimate of drug-likeness (QED) is 0.878. The minimum absolute atomic E-state index is 0.157. The minimum atomic E-state index is -0.833. The lowest BCUT2D eigenvalue weighted by molar-refractivity contribution is 0.293. The molecule has 0 bridgehead atoms. The van der Waals surface area contributed by atoms with Crippen molar-refractivity contribution in [2.75, 3.05) is 5.73 Å². The summed E-state index contributed by atoms with van der Waals surface area (Å²) in [5, 5.41) is -0.157. The molecule has 0 radical (unpaired) electrons. The lowest BCUT2D eigenvalue weighted by Gasteiger charge is -2.10. The van der Waals surface area contributed by atoms with Gasteiger partial charge in [0.15, 0.2) is 17.4 Å². The summed E-state index contributed by atoms with van der Waals surface area (Å²) in [6, 6.07) is 3.88. The Morgan fingerprint density at radius 2 is 2.11 bits per heavy atom. The van der Waals surface area contributed by atoms with E-state index in [2.05, 4.69) is 4.98 Å². The molecular formula is C13H11ClF2N2O. The van der Waals surface area contributed by atoms with Crippen molar-refractivity contribution in [1.82, 2.24) is 4.98 Å². The third kappa shape index (κ3) is 2.93. The highest BCUT2D eigenvalue weighted by atomic mass is 35.5. The summed E-state index contributed by atoms with van der Waals surface area (Å²) in [5.74, 6) is -1.12. The number of aryl methyl sites for hydroxylation is 1. The number of hydrogen-bond acceptors (Lipinski definition) is 3. The Balaban J connectivity index is 2.24. The monoisotopic (exact) mass is 284 g/mol. The summed E-state index contributed by atoms with van der Waals surface area (Å²) in [6.07, 6.45) is 1.57. The molecule has 3 nitrogen and oxygen atoms in total. The number of nitrogen functional groups attached to an aromatic ring is 1. The van der Waals surface area contributed by atoms with Crippen LogP contribution in [0.1, 0.15) is 11.1 Å². The summed E-state index contributed by atoms with van der Waals surface area (Å²) in [4.78, 5) is 3.89. The van der Waals surface area contributed by atoms with Gasteiger partial charge < -0.3 is 10.5 Å². The topological polar surface area (TPSA) is 48.1 Å². The third-order valence-electron chi connectivity index (χ3n) is 2.53. The van der Waals surface area contributed by atoms with Gasteiger partial charge in [0.25, 0.3) is 0 Å². The Morgan fingerprint density at radius 1 is 1.37 bits per heavy atom. The van der Waals surface area contributed by atoms with Gasteiger partial charge in [0.05, 0.1) is 10.6 Å². The van der Waals surface area contributed by atoms with E-state index in [1.54, 1.807) is 19.2 Å². The van der Waals surface area contributed by atoms with E-state index in [1.807, 2.05) is 0 Å². The Labute approximate surface area is 114 Å². The van der Waals surface area contributed by atoms with Crippen LogP contribution in [0.5, 0.6) is 5.75 Å². The van der Waals surface area contributed by atoms with Crippen LogP contribution in [-0.2, 0) is 6.61 Å². The van der Waals surface area contributed by atoms with E-state index in [9.17, 15) is 8.78 Å². The van der Waals surface area contributed by atoms with Crippen molar-refractivity contribution in [3.63, 3.8) is 0 Å². The molecule has 0 atom stereocenters. The Morgan fingerprint density at radius 3 is 2.84 bits per heavy atom. The molecule has 0 saturated carbocycles. The molecule has 1 heterocycles. The molecule has 19 heavy (non-hydrogen) atoms. The van der Waals surface area contributed by atoms with Gasteiger partial charge in [0.1, 0.15) is 12.4 Å². The molecule has 1 aromatic carbocycles. The minimum Gasteiger partial charge on any atom is -0.485 e. The maximum absolute atomic E-state index is 13.6. The first-order chi connectivity index (χ1) is 8.99. The van der Waals surface area contributed by atoms with Gasteiger partial charge in [0.2, 0.25) is 0 Å². The Bertz CT molecular complexity index is 620. The van der Waals surface area contributed by atoms with Crippen LogP contribution in [0.3, 0.4) is 0 Å². The van der Waals surface area contributed by atoms with Gasteiger partial charge in [-0.3, -0.25) is 0 Å². The zero-order valence-electron chi connectivity index (χ0n) is 10.1. The molecule has 0 aliphatic rings. The predicted molar refractivity (Wildman–Crippen MR) is 69.1 cm³/mol. The third-order valence-corrected chi connectivity index (χ3v) is 2.82. The smallest absolute Gasteiger partial charge is 0.166 e. The van der Waals surface area contributed by atoms with Crippen LogP contribution in [0, 0.1) is 18.6 Å². The highest BCUT2D eigenvalue weighted by Gasteiger charge is 2.14. The molecule has 0 spiro atoms. The number of aromatic nitrogens is 1. The second-order valence-corrected chi connectivity index (χ2v) is 4.41. The number of halogens is 3. The fraction of sp³-hybridized carbons (Fsp3) is 0.154. The maximum atomic E-state index is 13.6. The van der Waals surface area contributed by atoms with Crippen LogP contribution in [0.2, 0.25) is 5.02 Å². The summed E-state index contributed by atoms with van der Waals surface area (Å²) in [5.41, 5.74) is 6.20. The molecule has 0 saturated heterocycles. The number of rotatable bonds is 3. The van der Waals surface area contributed by atoms with Gasteiger partial charge in [-0.15, -0.1) is 0 Å². The molecule has 2 N–H and O–H groups in total. The van der Waals surface area contributed by atoms with Gasteiger partial charge in [-0.2, -0.15) is 0 Å². The molecule has 0 amide bonds. The zero-order valence-corrected chi connectivity index (χ0v) is 10.8. The number of ether oxygens (including phenoxy) is 1. The van der Waals surface area contributed by atoms with Gasteiger partial charge in [-0.25, -0.2) is 13.8 Å². The summed E-state index contributed by atoms with van der Waals surface area (Å²) in [6.45, 7) is 1.49. The standard InChI is InChI=1S/C13H11ClF2N2O/c1-7-4-11(13(17)18-5-7)19-6-8-10(15)3-2-9(14)12(8)16/h2-5H,6H2,1H3,(H2,17,18). The van der Waals surface area contributed by atoms with Crippen LogP contribution < -0.4 is 10.5 Å². The lowest BCUT2D eigenvalue weighted by Crippen LogP contribution is -2.05. The van der Waals surface area contributed by atoms with Crippen LogP contribution in [-0.4, -0.2) is 4.98 Å². The van der Waals surface area contributed by atoms with Crippen molar-refractivity contribution in [1.29, 1.82) is 0 Å². The largest absolute Gasteiger partial charge is 0.485 e. The van der Waals surface area contributed by atoms with E-state index >= 15 is 0 Å². The fourth-order valence-corrected chi connectivity index (χ4v) is 1.70. The number of benzene rings is 1. The van der Waals surface area contributed by atoms with E-state index in [0.29, 0.717) is 0 Å². The van der Waals surface area contributed by atoms with E-state index in [4.69, 9.17) is 22.1 Å². The normalized spacial score (nSPS) is 10.5. The van der Waals surface area contributed by atoms with Crippen molar-refractivity contribution in [3.8, 4) is 5.75 Å². The van der Waals surface area contributed by atoms with Gasteiger partial charge in [-0.1, -0.05) is 11.6 Å². The molecule has 1 aromatic heterocycles. The first-order valence-corrected chi connectivity index (χ1v) is 5.84. The first-order valence-electron chi connectivity index (χ1n) is 5.46. The van der Waals surface area contributed by atoms with Gasteiger partial charge >= 0.3 is 0 Å². The average Bonchev–Trinajstić information content (AvgIpc) is 2.38. The molecule has 100 valence electrons. The van der Waals surface area contributed by atoms with Gasteiger partial charge in [0, 0.05) is 6.20 Å². The van der Waals surface area contributed by atoms with Crippen LogP contribution in [0.4, 0.5) is 14.6 Å². The average molecular weight is 285 g/mol. The van der Waals surface area contributed by atoms with E-state index in [1.165, 1.54) is 0 Å². The molecule has 0 fully saturated rings. The van der Waals surface area contributed by atoms with E-state index in [-0.39, 0.29) is 28.8 Å². The van der Waals surface area contributed by atoms with Gasteiger partial charge in [-0.05, 0) is 30.7 Å². The van der Waals surface area contributed by atoms with E-state index in [0.717, 1.165) is 17.7 Å². The number of pyridine rings is 1. The number of anilines is 1. The Hall–Kier alpha value is -1.88. The molecule has 2 rings (SSSR count). The van der Waals surface area contributed by atoms with Crippen molar-refractivity contribution in [3.05, 3.63) is 52.2 Å². The number of nitrogens with zero attached hydrogens (tertiary/aromatic N) is 1. The number of hydrogen-bond donors (Lipinski definition) is 1. The molecule has 0 aliphatic carbocycles. The highest BCUT2D eigenvalue weighted by molar-refractivity contribution is 6.30. The molecule has 6 heteroatoms. The number of nitrogens with two attached hydrogens (primary N) is 1. The fourth-order valence-electron chi connectivity index (χ4n) is 1.52. The Kier molecular flexibility index (Phi) is 3.85. The second-order valence-electron chi connectivity index (χ2n) is 4.01. The maximum Gasteiger partial charge on any atom is 0.166 e. The molecule has 2 aromatic rings. The molecule has 0 aliphatic heterocycles. The summed E-state index contributed by atoms with van der Waals surface area (Å²) >= 11 is 5.59. The first kappa shape index (κ1) is 13.5. The lowest BCUT2D eigenvalue weighted by atomic mass is 10.2. The van der Waals surface area contributed by atoms with Crippen LogP contribution >= 0.6 is 11.6 Å². The van der Waals surface area contributed by atoms with Crippen molar-refractivity contribution in [2.45, 2.75) is 13.5 Å². The van der Waals surface area contributed by atoms with Crippen LogP contribution in [0.15, 0.2) is 24.4 Å². The molecule has 0 unspecified atom stereocenters. The van der Waals surface area contributed by atoms with Crippen molar-refractivity contribution < 1.29 is 13.5 Å². The molecular weight excluding hydrogens is 274 g/mol. The summed E-state index contributed by atoms with van der Waals surface area (Å²) in [7, 11) is 0. The SMILES string of the molecule is Cc1cnc(N)c(OCc2c(F)ccc(Cl)c2F)c1. The zero-order chi connectivity index (χ0) is 14.0. The summed E-state index contributed by atoms with van der Waals surface area (Å²) < 4.78 is 32.4. The van der Waals surface area contributed by atoms with E-state index < -0.39 is 11.6 Å². The second kappa shape index (κ2) is 5.40. The van der Waals surface area contributed by atoms with Crippen molar-refractivity contribution in [2.24, 2.45) is 0 Å². The van der Waals surface area contributed by atoms with Crippen molar-refractivity contribution >= 4 is 17.4 Å². The predicted octanol–water partition coefficient (Wildman–Crippen LogP) is 3.48.